The van der Waals surface area contributed by atoms with Gasteiger partial charge in [-0.2, -0.15) is 0 Å². The summed E-state index contributed by atoms with van der Waals surface area (Å²) in [5, 5.41) is 0. The van der Waals surface area contributed by atoms with Gasteiger partial charge in [-0.15, -0.1) is 0 Å². The fourth-order valence-corrected chi connectivity index (χ4v) is 2.09. The molecule has 1 aliphatic rings. The maximum Gasteiger partial charge on any atom is 0.197 e. The van der Waals surface area contributed by atoms with Gasteiger partial charge in [-0.1, -0.05) is 6.92 Å². The Morgan fingerprint density at radius 3 is 2.88 bits per heavy atom. The van der Waals surface area contributed by atoms with Crippen molar-refractivity contribution in [1.29, 1.82) is 0 Å². The van der Waals surface area contributed by atoms with E-state index in [-0.39, 0.29) is 0 Å². The molecule has 2 rings (SSSR count). The molecule has 2 N–H and O–H groups in total. The molecule has 1 aliphatic heterocycles. The lowest BCUT2D eigenvalue weighted by Gasteiger charge is -2.26. The summed E-state index contributed by atoms with van der Waals surface area (Å²) >= 11 is 0. The molecule has 0 bridgehead atoms. The van der Waals surface area contributed by atoms with Crippen LogP contribution in [0.4, 0.5) is 0 Å². The first-order valence-electron chi connectivity index (χ1n) is 6.04. The first-order chi connectivity index (χ1) is 7.70. The van der Waals surface area contributed by atoms with Gasteiger partial charge < -0.3 is 15.1 Å². The summed E-state index contributed by atoms with van der Waals surface area (Å²) in [5.74, 6) is 1.70. The molecule has 1 aromatic heterocycles. The number of nitrogens with zero attached hydrogens (tertiary/aromatic N) is 2. The van der Waals surface area contributed by atoms with Gasteiger partial charge in [0.25, 0.3) is 0 Å². The van der Waals surface area contributed by atoms with Crippen molar-refractivity contribution >= 4 is 0 Å². The highest BCUT2D eigenvalue weighted by atomic mass is 16.3. The van der Waals surface area contributed by atoms with E-state index in [1.54, 1.807) is 6.26 Å². The molecule has 1 unspecified atom stereocenters. The van der Waals surface area contributed by atoms with Crippen LogP contribution in [0.25, 0.3) is 0 Å². The second kappa shape index (κ2) is 4.97. The number of oxazole rings is 1. The standard InChI is InChI=1S/C12H21N3O/c1-9(7-13)11-8-16-12(14-11)10-3-5-15(2)6-4-10/h8-10H,3-7,13H2,1-2H3. The molecule has 90 valence electrons. The Morgan fingerprint density at radius 2 is 2.25 bits per heavy atom. The zero-order chi connectivity index (χ0) is 11.5. The van der Waals surface area contributed by atoms with Crippen LogP contribution in [0.5, 0.6) is 0 Å². The first kappa shape index (κ1) is 11.6. The molecule has 0 spiro atoms. The smallest absolute Gasteiger partial charge is 0.197 e. The lowest BCUT2D eigenvalue weighted by atomic mass is 9.97. The number of rotatable bonds is 3. The molecule has 1 fully saturated rings. The van der Waals surface area contributed by atoms with Crippen LogP contribution in [-0.2, 0) is 0 Å². The van der Waals surface area contributed by atoms with E-state index in [1.807, 2.05) is 0 Å². The van der Waals surface area contributed by atoms with Crippen LogP contribution in [-0.4, -0.2) is 36.6 Å². The Morgan fingerprint density at radius 1 is 1.56 bits per heavy atom. The van der Waals surface area contributed by atoms with Crippen molar-refractivity contribution in [3.05, 3.63) is 17.8 Å². The van der Waals surface area contributed by atoms with E-state index < -0.39 is 0 Å². The van der Waals surface area contributed by atoms with Gasteiger partial charge in [0.1, 0.15) is 6.26 Å². The van der Waals surface area contributed by atoms with Crippen molar-refractivity contribution in [2.24, 2.45) is 5.73 Å². The molecular weight excluding hydrogens is 202 g/mol. The van der Waals surface area contributed by atoms with Crippen LogP contribution in [0.15, 0.2) is 10.7 Å². The lowest BCUT2D eigenvalue weighted by molar-refractivity contribution is 0.237. The maximum atomic E-state index is 5.62. The summed E-state index contributed by atoms with van der Waals surface area (Å²) in [6.07, 6.45) is 4.06. The number of hydrogen-bond acceptors (Lipinski definition) is 4. The van der Waals surface area contributed by atoms with Gasteiger partial charge in [0.2, 0.25) is 0 Å². The van der Waals surface area contributed by atoms with Crippen LogP contribution in [0, 0.1) is 0 Å². The third kappa shape index (κ3) is 2.44. The third-order valence-electron chi connectivity index (χ3n) is 3.47. The highest BCUT2D eigenvalue weighted by Crippen LogP contribution is 2.27. The predicted octanol–water partition coefficient (Wildman–Crippen LogP) is 1.55. The maximum absolute atomic E-state index is 5.62. The summed E-state index contributed by atoms with van der Waals surface area (Å²) in [6.45, 7) is 4.97. The van der Waals surface area contributed by atoms with Gasteiger partial charge in [0.05, 0.1) is 5.69 Å². The quantitative estimate of drug-likeness (QED) is 0.844. The van der Waals surface area contributed by atoms with Crippen molar-refractivity contribution < 1.29 is 4.42 Å². The highest BCUT2D eigenvalue weighted by molar-refractivity contribution is 5.06. The molecule has 0 aromatic carbocycles. The second-order valence-corrected chi connectivity index (χ2v) is 4.82. The largest absolute Gasteiger partial charge is 0.448 e. The van der Waals surface area contributed by atoms with E-state index in [0.717, 1.165) is 37.5 Å². The zero-order valence-electron chi connectivity index (χ0n) is 10.1. The SMILES string of the molecule is CC(CN)c1coc(C2CCN(C)CC2)n1. The summed E-state index contributed by atoms with van der Waals surface area (Å²) in [6, 6.07) is 0. The van der Waals surface area contributed by atoms with Crippen LogP contribution < -0.4 is 5.73 Å². The van der Waals surface area contributed by atoms with Crippen LogP contribution >= 0.6 is 0 Å². The molecule has 0 saturated carbocycles. The highest BCUT2D eigenvalue weighted by Gasteiger charge is 2.23. The minimum Gasteiger partial charge on any atom is -0.448 e. The van der Waals surface area contributed by atoms with Gasteiger partial charge in [0, 0.05) is 18.4 Å². The number of aromatic nitrogens is 1. The van der Waals surface area contributed by atoms with Crippen molar-refractivity contribution in [3.63, 3.8) is 0 Å². The fraction of sp³-hybridized carbons (Fsp3) is 0.750. The molecule has 4 heteroatoms. The molecule has 4 nitrogen and oxygen atoms in total. The molecule has 0 amide bonds. The Bertz CT molecular complexity index is 329. The van der Waals surface area contributed by atoms with Crippen molar-refractivity contribution in [2.75, 3.05) is 26.7 Å². The van der Waals surface area contributed by atoms with Gasteiger partial charge in [-0.25, -0.2) is 4.98 Å². The van der Waals surface area contributed by atoms with Gasteiger partial charge in [-0.05, 0) is 33.0 Å². The van der Waals surface area contributed by atoms with Crippen LogP contribution in [0.3, 0.4) is 0 Å². The summed E-state index contributed by atoms with van der Waals surface area (Å²) in [7, 11) is 2.16. The van der Waals surface area contributed by atoms with E-state index in [4.69, 9.17) is 10.2 Å². The van der Waals surface area contributed by atoms with Crippen LogP contribution in [0.1, 0.15) is 43.2 Å². The Labute approximate surface area is 96.8 Å². The van der Waals surface area contributed by atoms with Crippen LogP contribution in [0.2, 0.25) is 0 Å². The number of piperidine rings is 1. The zero-order valence-corrected chi connectivity index (χ0v) is 10.1. The van der Waals surface area contributed by atoms with Gasteiger partial charge >= 0.3 is 0 Å². The van der Waals surface area contributed by atoms with E-state index in [9.17, 15) is 0 Å². The summed E-state index contributed by atoms with van der Waals surface area (Å²) in [5.41, 5.74) is 6.62. The molecule has 1 saturated heterocycles. The van der Waals surface area contributed by atoms with Crippen molar-refractivity contribution in [2.45, 2.75) is 31.6 Å². The Kier molecular flexibility index (Phi) is 3.61. The predicted molar refractivity (Wildman–Crippen MR) is 63.4 cm³/mol. The molecule has 2 heterocycles. The number of nitrogens with two attached hydrogens (primary N) is 1. The minimum atomic E-state index is 0.295. The Balaban J connectivity index is 2.01. The normalized spacial score (nSPS) is 21.2. The summed E-state index contributed by atoms with van der Waals surface area (Å²) < 4.78 is 5.58. The number of hydrogen-bond donors (Lipinski definition) is 1. The van der Waals surface area contributed by atoms with Crippen molar-refractivity contribution in [1.82, 2.24) is 9.88 Å². The van der Waals surface area contributed by atoms with E-state index in [2.05, 4.69) is 23.9 Å². The minimum absolute atomic E-state index is 0.295. The first-order valence-corrected chi connectivity index (χ1v) is 6.04. The lowest BCUT2D eigenvalue weighted by Crippen LogP contribution is -2.29. The van der Waals surface area contributed by atoms with Gasteiger partial charge in [-0.3, -0.25) is 0 Å². The molecule has 0 radical (unpaired) electrons. The topological polar surface area (TPSA) is 55.3 Å². The molecule has 1 atom stereocenters. The summed E-state index contributed by atoms with van der Waals surface area (Å²) in [4.78, 5) is 6.91. The van der Waals surface area contributed by atoms with Crippen molar-refractivity contribution in [3.8, 4) is 0 Å². The van der Waals surface area contributed by atoms with E-state index in [0.29, 0.717) is 18.4 Å². The third-order valence-corrected chi connectivity index (χ3v) is 3.47. The fourth-order valence-electron chi connectivity index (χ4n) is 2.09. The number of likely N-dealkylation sites (tertiary alicyclic amines) is 1. The van der Waals surface area contributed by atoms with E-state index >= 15 is 0 Å². The molecule has 1 aromatic rings. The average molecular weight is 223 g/mol. The molecule has 16 heavy (non-hydrogen) atoms. The second-order valence-electron chi connectivity index (χ2n) is 4.82. The van der Waals surface area contributed by atoms with E-state index in [1.165, 1.54) is 0 Å². The molecule has 0 aliphatic carbocycles. The van der Waals surface area contributed by atoms with Gasteiger partial charge in [0.15, 0.2) is 5.89 Å². The monoisotopic (exact) mass is 223 g/mol. The molecular formula is C12H21N3O. The average Bonchev–Trinajstić information content (AvgIpc) is 2.78. The Hall–Kier alpha value is -0.870.